The fourth-order valence-electron chi connectivity index (χ4n) is 4.37. The highest BCUT2D eigenvalue weighted by molar-refractivity contribution is 5.89. The Morgan fingerprint density at radius 3 is 2.57 bits per heavy atom. The molecule has 0 radical (unpaired) electrons. The molecule has 6 nitrogen and oxygen atoms in total. The summed E-state index contributed by atoms with van der Waals surface area (Å²) in [5, 5.41) is 9.07. The number of rotatable bonds is 6. The highest BCUT2D eigenvalue weighted by atomic mass is 16.2. The van der Waals surface area contributed by atoms with Crippen molar-refractivity contribution in [2.24, 2.45) is 5.92 Å². The maximum absolute atomic E-state index is 12.6. The minimum absolute atomic E-state index is 0.124. The number of carbonyl (C=O) groups excluding carboxylic acids is 2. The largest absolute Gasteiger partial charge is 0.352 e. The number of nitrogens with zero attached hydrogens (tertiary/aromatic N) is 1. The third-order valence-electron chi connectivity index (χ3n) is 6.08. The van der Waals surface area contributed by atoms with E-state index in [9.17, 15) is 9.59 Å². The van der Waals surface area contributed by atoms with Crippen molar-refractivity contribution in [3.63, 3.8) is 0 Å². The molecule has 1 aliphatic carbocycles. The minimum Gasteiger partial charge on any atom is -0.352 e. The van der Waals surface area contributed by atoms with Gasteiger partial charge in [-0.25, -0.2) is 4.79 Å². The lowest BCUT2D eigenvalue weighted by Gasteiger charge is -2.36. The van der Waals surface area contributed by atoms with Gasteiger partial charge in [-0.1, -0.05) is 44.4 Å². The second kappa shape index (κ2) is 10.5. The predicted octanol–water partition coefficient (Wildman–Crippen LogP) is 3.36. The van der Waals surface area contributed by atoms with Crippen molar-refractivity contribution in [2.45, 2.75) is 64.0 Å². The van der Waals surface area contributed by atoms with Crippen molar-refractivity contribution in [3.8, 4) is 0 Å². The van der Waals surface area contributed by atoms with Crippen molar-refractivity contribution in [1.29, 1.82) is 0 Å². The van der Waals surface area contributed by atoms with Crippen LogP contribution >= 0.6 is 0 Å². The quantitative estimate of drug-likeness (QED) is 0.702. The van der Waals surface area contributed by atoms with Crippen LogP contribution in [0.5, 0.6) is 0 Å². The third-order valence-corrected chi connectivity index (χ3v) is 6.08. The minimum atomic E-state index is -0.197. The first-order chi connectivity index (χ1) is 13.6. The highest BCUT2D eigenvalue weighted by Crippen LogP contribution is 2.24. The zero-order valence-corrected chi connectivity index (χ0v) is 17.0. The summed E-state index contributed by atoms with van der Waals surface area (Å²) in [7, 11) is 0. The van der Waals surface area contributed by atoms with E-state index < -0.39 is 0 Å². The van der Waals surface area contributed by atoms with Crippen LogP contribution in [0.1, 0.15) is 51.9 Å². The van der Waals surface area contributed by atoms with Crippen molar-refractivity contribution < 1.29 is 9.59 Å². The lowest BCUT2D eigenvalue weighted by Crippen LogP contribution is -2.52. The fourth-order valence-corrected chi connectivity index (χ4v) is 4.37. The molecule has 2 aliphatic rings. The summed E-state index contributed by atoms with van der Waals surface area (Å²) in [4.78, 5) is 27.0. The van der Waals surface area contributed by atoms with E-state index in [1.165, 1.54) is 19.3 Å². The van der Waals surface area contributed by atoms with E-state index in [-0.39, 0.29) is 18.0 Å². The van der Waals surface area contributed by atoms with E-state index in [1.54, 1.807) is 0 Å². The number of amides is 3. The molecule has 1 heterocycles. The van der Waals surface area contributed by atoms with E-state index in [2.05, 4.69) is 27.8 Å². The summed E-state index contributed by atoms with van der Waals surface area (Å²) in [5.41, 5.74) is 0.779. The molecule has 0 unspecified atom stereocenters. The van der Waals surface area contributed by atoms with E-state index in [0.717, 1.165) is 37.9 Å². The summed E-state index contributed by atoms with van der Waals surface area (Å²) in [6, 6.07) is 9.77. The van der Waals surface area contributed by atoms with Crippen LogP contribution in [0.2, 0.25) is 0 Å². The van der Waals surface area contributed by atoms with Crippen molar-refractivity contribution in [3.05, 3.63) is 30.3 Å². The van der Waals surface area contributed by atoms with Gasteiger partial charge in [0.05, 0.1) is 6.54 Å². The van der Waals surface area contributed by atoms with Gasteiger partial charge in [-0.2, -0.15) is 0 Å². The van der Waals surface area contributed by atoms with Gasteiger partial charge in [0.2, 0.25) is 5.91 Å². The molecule has 1 aromatic rings. The topological polar surface area (TPSA) is 73.5 Å². The van der Waals surface area contributed by atoms with Crippen LogP contribution in [0.15, 0.2) is 30.3 Å². The molecule has 28 heavy (non-hydrogen) atoms. The number of hydrogen-bond acceptors (Lipinski definition) is 3. The summed E-state index contributed by atoms with van der Waals surface area (Å²) >= 11 is 0. The third kappa shape index (κ3) is 6.23. The van der Waals surface area contributed by atoms with Crippen LogP contribution in [0, 0.1) is 5.92 Å². The summed E-state index contributed by atoms with van der Waals surface area (Å²) < 4.78 is 0. The highest BCUT2D eigenvalue weighted by Gasteiger charge is 2.27. The molecule has 3 atom stereocenters. The number of nitrogens with one attached hydrogen (secondary N) is 3. The lowest BCUT2D eigenvalue weighted by atomic mass is 9.86. The number of para-hydroxylation sites is 1. The molecule has 154 valence electrons. The molecule has 2 fully saturated rings. The molecule has 6 heteroatoms. The van der Waals surface area contributed by atoms with Gasteiger partial charge < -0.3 is 16.0 Å². The second-order valence-corrected chi connectivity index (χ2v) is 8.26. The molecule has 1 aromatic carbocycles. The van der Waals surface area contributed by atoms with Crippen LogP contribution < -0.4 is 16.0 Å². The summed E-state index contributed by atoms with van der Waals surface area (Å²) in [5.74, 6) is 0.692. The van der Waals surface area contributed by atoms with Gasteiger partial charge >= 0.3 is 6.03 Å². The van der Waals surface area contributed by atoms with Crippen molar-refractivity contribution in [1.82, 2.24) is 15.5 Å². The summed E-state index contributed by atoms with van der Waals surface area (Å²) in [6.45, 7) is 4.14. The molecule has 3 amide bonds. The fraction of sp³-hybridized carbons (Fsp3) is 0.636. The number of anilines is 1. The van der Waals surface area contributed by atoms with E-state index in [1.807, 2.05) is 30.3 Å². The second-order valence-electron chi connectivity index (χ2n) is 8.26. The van der Waals surface area contributed by atoms with E-state index >= 15 is 0 Å². The zero-order valence-electron chi connectivity index (χ0n) is 17.0. The van der Waals surface area contributed by atoms with Gasteiger partial charge in [0.1, 0.15) is 0 Å². The van der Waals surface area contributed by atoms with Crippen LogP contribution in [-0.4, -0.2) is 48.6 Å². The SMILES string of the molecule is C[C@@H]1CCCC[C@@H]1NC(=O)CN1CCCC[C@H]1CNC(=O)Nc1ccccc1. The van der Waals surface area contributed by atoms with Gasteiger partial charge in [-0.05, 0) is 50.3 Å². The van der Waals surface area contributed by atoms with Gasteiger partial charge in [0, 0.05) is 24.3 Å². The zero-order chi connectivity index (χ0) is 19.8. The summed E-state index contributed by atoms with van der Waals surface area (Å²) in [6.07, 6.45) is 8.05. The standard InChI is InChI=1S/C22H34N4O2/c1-17-9-5-6-13-20(17)25-21(27)16-26-14-8-7-12-19(26)15-23-22(28)24-18-10-3-2-4-11-18/h2-4,10-11,17,19-20H,5-9,12-16H2,1H3,(H,25,27)(H2,23,24,28)/t17-,19+,20+/m1/s1. The first-order valence-corrected chi connectivity index (χ1v) is 10.7. The Kier molecular flexibility index (Phi) is 7.71. The molecule has 1 aliphatic heterocycles. The average Bonchev–Trinajstić information content (AvgIpc) is 2.70. The van der Waals surface area contributed by atoms with Gasteiger partial charge in [0.15, 0.2) is 0 Å². The van der Waals surface area contributed by atoms with Gasteiger partial charge in [-0.3, -0.25) is 9.69 Å². The van der Waals surface area contributed by atoms with Gasteiger partial charge in [0.25, 0.3) is 0 Å². The molecule has 3 rings (SSSR count). The number of likely N-dealkylation sites (tertiary alicyclic amines) is 1. The molecule has 3 N–H and O–H groups in total. The van der Waals surface area contributed by atoms with Crippen LogP contribution in [0.25, 0.3) is 0 Å². The Bertz CT molecular complexity index is 637. The Morgan fingerprint density at radius 2 is 1.79 bits per heavy atom. The van der Waals surface area contributed by atoms with E-state index in [0.29, 0.717) is 25.0 Å². The maximum Gasteiger partial charge on any atom is 0.319 e. The normalized spacial score (nSPS) is 25.7. The molecule has 1 saturated carbocycles. The maximum atomic E-state index is 12.6. The van der Waals surface area contributed by atoms with Crippen LogP contribution in [0.4, 0.5) is 10.5 Å². The monoisotopic (exact) mass is 386 g/mol. The average molecular weight is 387 g/mol. The molecule has 0 bridgehead atoms. The molecule has 1 saturated heterocycles. The first-order valence-electron chi connectivity index (χ1n) is 10.7. The molecule has 0 spiro atoms. The number of urea groups is 1. The van der Waals surface area contributed by atoms with Crippen LogP contribution in [0.3, 0.4) is 0 Å². The van der Waals surface area contributed by atoms with E-state index in [4.69, 9.17) is 0 Å². The number of hydrogen-bond donors (Lipinski definition) is 3. The van der Waals surface area contributed by atoms with Crippen LogP contribution in [-0.2, 0) is 4.79 Å². The molecule has 0 aromatic heterocycles. The lowest BCUT2D eigenvalue weighted by molar-refractivity contribution is -0.124. The predicted molar refractivity (Wildman–Crippen MR) is 112 cm³/mol. The molecular formula is C22H34N4O2. The van der Waals surface area contributed by atoms with Gasteiger partial charge in [-0.15, -0.1) is 0 Å². The Hall–Kier alpha value is -2.08. The number of piperidine rings is 1. The smallest absolute Gasteiger partial charge is 0.319 e. The Balaban J connectivity index is 1.45. The first kappa shape index (κ1) is 20.6. The Morgan fingerprint density at radius 1 is 1.04 bits per heavy atom. The Labute approximate surface area is 168 Å². The van der Waals surface area contributed by atoms with Crippen molar-refractivity contribution in [2.75, 3.05) is 25.0 Å². The number of benzene rings is 1. The number of carbonyl (C=O) groups is 2. The van der Waals surface area contributed by atoms with Crippen molar-refractivity contribution >= 4 is 17.6 Å². The molecular weight excluding hydrogens is 352 g/mol.